The van der Waals surface area contributed by atoms with Crippen molar-refractivity contribution in [2.75, 3.05) is 0 Å². The third-order valence-electron chi connectivity index (χ3n) is 3.84. The molecule has 0 aliphatic heterocycles. The summed E-state index contributed by atoms with van der Waals surface area (Å²) in [5, 5.41) is 9.53. The van der Waals surface area contributed by atoms with E-state index in [4.69, 9.17) is 16.7 Å². The van der Waals surface area contributed by atoms with Crippen molar-refractivity contribution in [2.45, 2.75) is 38.5 Å². The van der Waals surface area contributed by atoms with Crippen LogP contribution in [0.4, 0.5) is 0 Å². The molecule has 0 heterocycles. The Morgan fingerprint density at radius 1 is 1.53 bits per heavy atom. The van der Waals surface area contributed by atoms with Crippen molar-refractivity contribution in [3.8, 4) is 0 Å². The van der Waals surface area contributed by atoms with Crippen LogP contribution in [-0.4, -0.2) is 16.9 Å². The number of ketones is 1. The zero-order valence-electron chi connectivity index (χ0n) is 10.9. The monoisotopic (exact) mass is 280 g/mol. The molecule has 0 aromatic heterocycles. The minimum Gasteiger partial charge on any atom is -0.481 e. The molecule has 1 fully saturated rings. The van der Waals surface area contributed by atoms with Gasteiger partial charge in [0.05, 0.1) is 5.92 Å². The molecule has 0 amide bonds. The van der Waals surface area contributed by atoms with Crippen molar-refractivity contribution in [3.63, 3.8) is 0 Å². The molecule has 2 atom stereocenters. The van der Waals surface area contributed by atoms with Gasteiger partial charge < -0.3 is 5.11 Å². The number of rotatable bonds is 4. The Kier molecular flexibility index (Phi) is 4.25. The van der Waals surface area contributed by atoms with Gasteiger partial charge >= 0.3 is 5.97 Å². The lowest BCUT2D eigenvalue weighted by Gasteiger charge is -2.12. The fourth-order valence-corrected chi connectivity index (χ4v) is 2.78. The molecular formula is C15H17ClO3. The second-order valence-electron chi connectivity index (χ2n) is 5.17. The largest absolute Gasteiger partial charge is 0.481 e. The SMILES string of the molecule is CC(C(=O)O)c1ccc(CC2CCCC2=O)c(Cl)c1. The van der Waals surface area contributed by atoms with E-state index in [-0.39, 0.29) is 5.92 Å². The van der Waals surface area contributed by atoms with E-state index in [0.717, 1.165) is 18.4 Å². The third kappa shape index (κ3) is 3.16. The molecule has 1 aliphatic carbocycles. The first-order valence-electron chi connectivity index (χ1n) is 6.53. The summed E-state index contributed by atoms with van der Waals surface area (Å²) in [4.78, 5) is 22.6. The summed E-state index contributed by atoms with van der Waals surface area (Å²) in [6.07, 6.45) is 3.24. The number of aliphatic carboxylic acids is 1. The number of Topliss-reactive ketones (excluding diaryl/α,β-unsaturated/α-hetero) is 1. The van der Waals surface area contributed by atoms with E-state index in [2.05, 4.69) is 0 Å². The van der Waals surface area contributed by atoms with E-state index in [1.54, 1.807) is 19.1 Å². The van der Waals surface area contributed by atoms with Crippen LogP contribution in [0.3, 0.4) is 0 Å². The highest BCUT2D eigenvalue weighted by Crippen LogP contribution is 2.29. The minimum absolute atomic E-state index is 0.0836. The van der Waals surface area contributed by atoms with Crippen molar-refractivity contribution < 1.29 is 14.7 Å². The molecule has 2 unspecified atom stereocenters. The summed E-state index contributed by atoms with van der Waals surface area (Å²) in [5.41, 5.74) is 1.63. The maximum atomic E-state index is 11.6. The van der Waals surface area contributed by atoms with Gasteiger partial charge in [-0.05, 0) is 43.4 Å². The predicted molar refractivity (Wildman–Crippen MR) is 73.6 cm³/mol. The number of halogens is 1. The van der Waals surface area contributed by atoms with Crippen LogP contribution < -0.4 is 0 Å². The first kappa shape index (κ1) is 14.1. The molecule has 1 N–H and O–H groups in total. The Bertz CT molecular complexity index is 510. The molecule has 1 aromatic rings. The van der Waals surface area contributed by atoms with Crippen molar-refractivity contribution in [3.05, 3.63) is 34.3 Å². The molecule has 0 radical (unpaired) electrons. The van der Waals surface area contributed by atoms with Crippen LogP contribution in [0.15, 0.2) is 18.2 Å². The number of carbonyl (C=O) groups is 2. The molecular weight excluding hydrogens is 264 g/mol. The van der Waals surface area contributed by atoms with E-state index < -0.39 is 11.9 Å². The second-order valence-corrected chi connectivity index (χ2v) is 5.58. The van der Waals surface area contributed by atoms with Crippen molar-refractivity contribution in [1.82, 2.24) is 0 Å². The summed E-state index contributed by atoms with van der Waals surface area (Å²) < 4.78 is 0. The number of benzene rings is 1. The topological polar surface area (TPSA) is 54.4 Å². The molecule has 0 saturated heterocycles. The lowest BCUT2D eigenvalue weighted by atomic mass is 9.94. The Labute approximate surface area is 117 Å². The van der Waals surface area contributed by atoms with Gasteiger partial charge in [-0.15, -0.1) is 0 Å². The molecule has 1 saturated carbocycles. The van der Waals surface area contributed by atoms with Crippen molar-refractivity contribution in [2.24, 2.45) is 5.92 Å². The summed E-state index contributed by atoms with van der Waals surface area (Å²) in [7, 11) is 0. The molecule has 4 heteroatoms. The van der Waals surface area contributed by atoms with E-state index in [9.17, 15) is 9.59 Å². The zero-order chi connectivity index (χ0) is 14.0. The van der Waals surface area contributed by atoms with E-state index >= 15 is 0 Å². The third-order valence-corrected chi connectivity index (χ3v) is 4.20. The first-order chi connectivity index (χ1) is 8.99. The molecule has 3 nitrogen and oxygen atoms in total. The van der Waals surface area contributed by atoms with Gasteiger partial charge in [0.15, 0.2) is 0 Å². The maximum absolute atomic E-state index is 11.6. The van der Waals surface area contributed by atoms with Gasteiger partial charge in [0.1, 0.15) is 5.78 Å². The molecule has 0 bridgehead atoms. The molecule has 102 valence electrons. The van der Waals surface area contributed by atoms with Crippen molar-refractivity contribution in [1.29, 1.82) is 0 Å². The molecule has 1 aromatic carbocycles. The normalized spacial score (nSPS) is 20.5. The number of carbonyl (C=O) groups excluding carboxylic acids is 1. The first-order valence-corrected chi connectivity index (χ1v) is 6.90. The standard InChI is InChI=1S/C15H17ClO3/c1-9(15(18)19)10-5-6-11(13(16)8-10)7-12-3-2-4-14(12)17/h5-6,8-9,12H,2-4,7H2,1H3,(H,18,19). The summed E-state index contributed by atoms with van der Waals surface area (Å²) in [5.74, 6) is -1.03. The average Bonchev–Trinajstić information content (AvgIpc) is 2.76. The molecule has 0 spiro atoms. The lowest BCUT2D eigenvalue weighted by Crippen LogP contribution is -2.11. The van der Waals surface area contributed by atoms with Gasteiger partial charge in [-0.1, -0.05) is 23.7 Å². The number of hydrogen-bond acceptors (Lipinski definition) is 2. The lowest BCUT2D eigenvalue weighted by molar-refractivity contribution is -0.138. The van der Waals surface area contributed by atoms with Gasteiger partial charge in [-0.2, -0.15) is 0 Å². The minimum atomic E-state index is -0.866. The highest BCUT2D eigenvalue weighted by molar-refractivity contribution is 6.31. The average molecular weight is 281 g/mol. The maximum Gasteiger partial charge on any atom is 0.310 e. The van der Waals surface area contributed by atoms with Crippen LogP contribution in [0, 0.1) is 5.92 Å². The number of hydrogen-bond donors (Lipinski definition) is 1. The highest BCUT2D eigenvalue weighted by Gasteiger charge is 2.25. The van der Waals surface area contributed by atoms with Gasteiger partial charge in [0, 0.05) is 17.4 Å². The Morgan fingerprint density at radius 3 is 2.79 bits per heavy atom. The second kappa shape index (κ2) is 5.74. The van der Waals surface area contributed by atoms with Crippen LogP contribution in [0.1, 0.15) is 43.2 Å². The number of carboxylic acid groups (broad SMARTS) is 1. The summed E-state index contributed by atoms with van der Waals surface area (Å²) >= 11 is 6.20. The van der Waals surface area contributed by atoms with Gasteiger partial charge in [0.25, 0.3) is 0 Å². The van der Waals surface area contributed by atoms with E-state index in [1.165, 1.54) is 0 Å². The van der Waals surface area contributed by atoms with E-state index in [0.29, 0.717) is 29.2 Å². The fraction of sp³-hybridized carbons (Fsp3) is 0.467. The smallest absolute Gasteiger partial charge is 0.310 e. The predicted octanol–water partition coefficient (Wildman–Crippen LogP) is 3.44. The van der Waals surface area contributed by atoms with Crippen LogP contribution >= 0.6 is 11.6 Å². The van der Waals surface area contributed by atoms with Crippen LogP contribution in [0.2, 0.25) is 5.02 Å². The van der Waals surface area contributed by atoms with Gasteiger partial charge in [-0.3, -0.25) is 9.59 Å². The van der Waals surface area contributed by atoms with Gasteiger partial charge in [-0.25, -0.2) is 0 Å². The summed E-state index contributed by atoms with van der Waals surface area (Å²) in [6.45, 7) is 1.63. The Hall–Kier alpha value is -1.35. The molecule has 1 aliphatic rings. The Balaban J connectivity index is 2.15. The van der Waals surface area contributed by atoms with Crippen LogP contribution in [0.25, 0.3) is 0 Å². The van der Waals surface area contributed by atoms with Gasteiger partial charge in [0.2, 0.25) is 0 Å². The Morgan fingerprint density at radius 2 is 2.26 bits per heavy atom. The van der Waals surface area contributed by atoms with Crippen LogP contribution in [0.5, 0.6) is 0 Å². The quantitative estimate of drug-likeness (QED) is 0.919. The van der Waals surface area contributed by atoms with Crippen LogP contribution in [-0.2, 0) is 16.0 Å². The summed E-state index contributed by atoms with van der Waals surface area (Å²) in [6, 6.07) is 5.34. The zero-order valence-corrected chi connectivity index (χ0v) is 11.6. The van der Waals surface area contributed by atoms with E-state index in [1.807, 2.05) is 6.07 Å². The number of carboxylic acids is 1. The fourth-order valence-electron chi connectivity index (χ4n) is 2.51. The molecule has 2 rings (SSSR count). The highest BCUT2D eigenvalue weighted by atomic mass is 35.5. The van der Waals surface area contributed by atoms with Crippen molar-refractivity contribution >= 4 is 23.4 Å². The molecule has 19 heavy (non-hydrogen) atoms.